The zero-order chi connectivity index (χ0) is 9.84. The van der Waals surface area contributed by atoms with Gasteiger partial charge in [0.05, 0.1) is 22.0 Å². The van der Waals surface area contributed by atoms with Crippen LogP contribution in [-0.4, -0.2) is 6.61 Å². The topological polar surface area (TPSA) is 26.3 Å². The third-order valence-electron chi connectivity index (χ3n) is 1.45. The lowest BCUT2D eigenvalue weighted by molar-refractivity contribution is 0.357. The molecule has 1 aromatic carbocycles. The zero-order valence-electron chi connectivity index (χ0n) is 7.01. The van der Waals surface area contributed by atoms with Crippen LogP contribution in [0, 0.1) is 0 Å². The molecule has 0 amide bonds. The smallest absolute Gasteiger partial charge is 0.222 e. The van der Waals surface area contributed by atoms with Crippen LogP contribution in [0.25, 0.3) is 0 Å². The van der Waals surface area contributed by atoms with Gasteiger partial charge in [-0.25, -0.2) is 0 Å². The first-order valence-electron chi connectivity index (χ1n) is 3.78. The highest BCUT2D eigenvalue weighted by Crippen LogP contribution is 2.29. The van der Waals surface area contributed by atoms with Crippen molar-refractivity contribution in [1.29, 1.82) is 0 Å². The van der Waals surface area contributed by atoms with Gasteiger partial charge in [-0.2, -0.15) is 0 Å². The van der Waals surface area contributed by atoms with E-state index in [0.717, 1.165) is 0 Å². The maximum atomic E-state index is 11.4. The van der Waals surface area contributed by atoms with Gasteiger partial charge in [0.1, 0.15) is 0 Å². The van der Waals surface area contributed by atoms with E-state index in [9.17, 15) is 4.57 Å². The average Bonchev–Trinajstić information content (AvgIpc) is 2.10. The van der Waals surface area contributed by atoms with Crippen LogP contribution in [0.5, 0.6) is 0 Å². The molecule has 2 nitrogen and oxygen atoms in total. The molecule has 0 spiro atoms. The molecule has 1 rings (SSSR count). The summed E-state index contributed by atoms with van der Waals surface area (Å²) in [6, 6.07) is 5.00. The van der Waals surface area contributed by atoms with Gasteiger partial charge in [-0.05, 0) is 19.1 Å². The Hall–Kier alpha value is -0.0100. The lowest BCUT2D eigenvalue weighted by Gasteiger charge is -2.04. The maximum Gasteiger partial charge on any atom is 0.222 e. The van der Waals surface area contributed by atoms with Crippen LogP contribution in [0.15, 0.2) is 18.2 Å². The number of hydrogen-bond acceptors (Lipinski definition) is 2. The van der Waals surface area contributed by atoms with Crippen molar-refractivity contribution in [1.82, 2.24) is 0 Å². The summed E-state index contributed by atoms with van der Waals surface area (Å²) < 4.78 is 16.4. The molecule has 0 aromatic heterocycles. The molecule has 0 N–H and O–H groups in total. The van der Waals surface area contributed by atoms with E-state index in [4.69, 9.17) is 27.7 Å². The van der Waals surface area contributed by atoms with Gasteiger partial charge >= 0.3 is 0 Å². The molecule has 1 aromatic rings. The van der Waals surface area contributed by atoms with Crippen molar-refractivity contribution >= 4 is 36.5 Å². The second-order valence-corrected chi connectivity index (χ2v) is 4.51. The fraction of sp³-hybridized carbons (Fsp3) is 0.250. The summed E-state index contributed by atoms with van der Waals surface area (Å²) >= 11 is 11.6. The van der Waals surface area contributed by atoms with Crippen molar-refractivity contribution in [2.45, 2.75) is 6.92 Å². The molecule has 0 heterocycles. The molecular weight excluding hydrogens is 230 g/mol. The molecule has 1 unspecified atom stereocenters. The van der Waals surface area contributed by atoms with Crippen LogP contribution in [0.2, 0.25) is 10.0 Å². The Morgan fingerprint density at radius 1 is 1.46 bits per heavy atom. The SMILES string of the molecule is CCO[PH](=O)c1cccc(Cl)c1Cl. The molecule has 13 heavy (non-hydrogen) atoms. The van der Waals surface area contributed by atoms with Gasteiger partial charge in [0.25, 0.3) is 0 Å². The summed E-state index contributed by atoms with van der Waals surface area (Å²) in [5.74, 6) is 0. The molecule has 0 aliphatic carbocycles. The van der Waals surface area contributed by atoms with E-state index >= 15 is 0 Å². The van der Waals surface area contributed by atoms with Crippen LogP contribution >= 0.6 is 31.2 Å². The zero-order valence-corrected chi connectivity index (χ0v) is 9.52. The van der Waals surface area contributed by atoms with E-state index in [-0.39, 0.29) is 0 Å². The van der Waals surface area contributed by atoms with Crippen molar-refractivity contribution in [3.63, 3.8) is 0 Å². The Bertz CT molecular complexity index is 328. The second-order valence-electron chi connectivity index (χ2n) is 2.32. The van der Waals surface area contributed by atoms with Crippen molar-refractivity contribution < 1.29 is 9.09 Å². The minimum Gasteiger partial charge on any atom is -0.328 e. The van der Waals surface area contributed by atoms with Gasteiger partial charge < -0.3 is 4.52 Å². The Labute approximate surface area is 87.7 Å². The molecule has 0 saturated heterocycles. The van der Waals surface area contributed by atoms with Crippen LogP contribution in [0.1, 0.15) is 6.92 Å². The molecule has 0 aliphatic heterocycles. The van der Waals surface area contributed by atoms with Crippen molar-refractivity contribution in [3.8, 4) is 0 Å². The van der Waals surface area contributed by atoms with E-state index in [1.54, 1.807) is 25.1 Å². The Morgan fingerprint density at radius 3 is 2.77 bits per heavy atom. The first-order chi connectivity index (χ1) is 6.16. The number of rotatable bonds is 3. The lowest BCUT2D eigenvalue weighted by atomic mass is 10.4. The minimum atomic E-state index is -2.24. The van der Waals surface area contributed by atoms with Crippen molar-refractivity contribution in [2.75, 3.05) is 6.61 Å². The molecule has 5 heteroatoms. The first-order valence-corrected chi connectivity index (χ1v) is 5.85. The Balaban J connectivity index is 3.01. The highest BCUT2D eigenvalue weighted by Gasteiger charge is 2.10. The van der Waals surface area contributed by atoms with Gasteiger partial charge in [-0.15, -0.1) is 0 Å². The molecule has 0 radical (unpaired) electrons. The largest absolute Gasteiger partial charge is 0.328 e. The highest BCUT2D eigenvalue weighted by molar-refractivity contribution is 7.48. The molecule has 72 valence electrons. The number of halogens is 2. The van der Waals surface area contributed by atoms with E-state index in [1.165, 1.54) is 0 Å². The highest BCUT2D eigenvalue weighted by atomic mass is 35.5. The maximum absolute atomic E-state index is 11.4. The second kappa shape index (κ2) is 5.02. The standard InChI is InChI=1S/C8H9Cl2O2P/c1-2-12-13(11)7-5-3-4-6(9)8(7)10/h3-5,13H,2H2,1H3. The summed E-state index contributed by atoms with van der Waals surface area (Å²) in [5.41, 5.74) is 0. The van der Waals surface area contributed by atoms with Gasteiger partial charge in [-0.1, -0.05) is 29.3 Å². The Morgan fingerprint density at radius 2 is 2.15 bits per heavy atom. The molecular formula is C8H9Cl2O2P. The van der Waals surface area contributed by atoms with Gasteiger partial charge in [0, 0.05) is 0 Å². The van der Waals surface area contributed by atoms with Gasteiger partial charge in [0.2, 0.25) is 8.03 Å². The average molecular weight is 239 g/mol. The molecule has 0 aliphatic rings. The number of hydrogen-bond donors (Lipinski definition) is 0. The van der Waals surface area contributed by atoms with Crippen LogP contribution in [-0.2, 0) is 9.09 Å². The van der Waals surface area contributed by atoms with E-state index < -0.39 is 8.03 Å². The van der Waals surface area contributed by atoms with Gasteiger partial charge in [0.15, 0.2) is 0 Å². The molecule has 0 saturated carbocycles. The van der Waals surface area contributed by atoms with E-state index in [2.05, 4.69) is 0 Å². The predicted molar refractivity (Wildman–Crippen MR) is 56.7 cm³/mol. The number of benzene rings is 1. The van der Waals surface area contributed by atoms with Gasteiger partial charge in [-0.3, -0.25) is 4.57 Å². The van der Waals surface area contributed by atoms with Crippen molar-refractivity contribution in [3.05, 3.63) is 28.2 Å². The molecule has 1 atom stereocenters. The van der Waals surface area contributed by atoms with Crippen LogP contribution in [0.3, 0.4) is 0 Å². The fourth-order valence-electron chi connectivity index (χ4n) is 0.870. The van der Waals surface area contributed by atoms with Crippen LogP contribution < -0.4 is 5.30 Å². The molecule has 0 bridgehead atoms. The summed E-state index contributed by atoms with van der Waals surface area (Å²) in [6.07, 6.45) is 0. The predicted octanol–water partition coefficient (Wildman–Crippen LogP) is 3.13. The first kappa shape index (κ1) is 11.1. The summed E-state index contributed by atoms with van der Waals surface area (Å²) in [4.78, 5) is 0. The summed E-state index contributed by atoms with van der Waals surface area (Å²) in [7, 11) is -2.24. The summed E-state index contributed by atoms with van der Waals surface area (Å²) in [5, 5.41) is 1.21. The quantitative estimate of drug-likeness (QED) is 0.757. The minimum absolute atomic E-state index is 0.321. The van der Waals surface area contributed by atoms with E-state index in [0.29, 0.717) is 22.0 Å². The third-order valence-corrected chi connectivity index (χ3v) is 3.83. The molecule has 0 fully saturated rings. The fourth-order valence-corrected chi connectivity index (χ4v) is 2.45. The Kier molecular flexibility index (Phi) is 4.27. The van der Waals surface area contributed by atoms with Crippen LogP contribution in [0.4, 0.5) is 0 Å². The van der Waals surface area contributed by atoms with Crippen molar-refractivity contribution in [2.24, 2.45) is 0 Å². The normalized spacial score (nSPS) is 12.8. The third kappa shape index (κ3) is 2.72. The summed E-state index contributed by atoms with van der Waals surface area (Å²) in [6.45, 7) is 2.18. The monoisotopic (exact) mass is 238 g/mol. The van der Waals surface area contributed by atoms with E-state index in [1.807, 2.05) is 0 Å². The lowest BCUT2D eigenvalue weighted by Crippen LogP contribution is -2.00.